The first-order valence-corrected chi connectivity index (χ1v) is 5.69. The minimum Gasteiger partial charge on any atom is -0.444 e. The van der Waals surface area contributed by atoms with Crippen LogP contribution in [0.4, 0.5) is 11.5 Å². The normalized spacial score (nSPS) is 10.4. The maximum Gasteiger partial charge on any atom is 0.252 e. The van der Waals surface area contributed by atoms with Crippen molar-refractivity contribution in [3.63, 3.8) is 0 Å². The van der Waals surface area contributed by atoms with Gasteiger partial charge in [-0.3, -0.25) is 4.79 Å². The van der Waals surface area contributed by atoms with Crippen LogP contribution in [-0.2, 0) is 6.54 Å². The Morgan fingerprint density at radius 1 is 1.47 bits per heavy atom. The van der Waals surface area contributed by atoms with Gasteiger partial charge >= 0.3 is 0 Å². The van der Waals surface area contributed by atoms with E-state index in [4.69, 9.17) is 15.9 Å². The summed E-state index contributed by atoms with van der Waals surface area (Å²) in [4.78, 5) is 19.5. The van der Waals surface area contributed by atoms with E-state index in [2.05, 4.69) is 15.3 Å². The van der Waals surface area contributed by atoms with Gasteiger partial charge in [0.25, 0.3) is 5.91 Å². The topological polar surface area (TPSA) is 120 Å². The number of amides is 1. The first-order valence-electron chi connectivity index (χ1n) is 5.69. The third kappa shape index (κ3) is 2.82. The van der Waals surface area contributed by atoms with Crippen molar-refractivity contribution in [2.45, 2.75) is 20.4 Å². The second-order valence-corrected chi connectivity index (χ2v) is 4.13. The van der Waals surface area contributed by atoms with E-state index in [0.29, 0.717) is 23.9 Å². The van der Waals surface area contributed by atoms with Crippen molar-refractivity contribution in [3.8, 4) is 0 Å². The van der Waals surface area contributed by atoms with E-state index in [-0.39, 0.29) is 5.56 Å². The molecule has 0 radical (unpaired) electrons. The number of hydrogen-bond donors (Lipinski definition) is 3. The number of oxazole rings is 1. The Morgan fingerprint density at radius 2 is 2.21 bits per heavy atom. The second-order valence-electron chi connectivity index (χ2n) is 4.13. The molecular formula is C12H15N5O2. The van der Waals surface area contributed by atoms with Crippen LogP contribution in [0.3, 0.4) is 0 Å². The van der Waals surface area contributed by atoms with Crippen LogP contribution in [0.5, 0.6) is 0 Å². The largest absolute Gasteiger partial charge is 0.444 e. The molecule has 0 saturated carbocycles. The summed E-state index contributed by atoms with van der Waals surface area (Å²) in [6.45, 7) is 4.01. The van der Waals surface area contributed by atoms with Crippen molar-refractivity contribution in [1.29, 1.82) is 0 Å². The molecule has 0 aliphatic carbocycles. The molecule has 0 fully saturated rings. The summed E-state index contributed by atoms with van der Waals surface area (Å²) < 4.78 is 5.42. The average molecular weight is 261 g/mol. The van der Waals surface area contributed by atoms with E-state index in [9.17, 15) is 4.79 Å². The summed E-state index contributed by atoms with van der Waals surface area (Å²) in [7, 11) is 0. The van der Waals surface area contributed by atoms with E-state index in [0.717, 1.165) is 11.5 Å². The van der Waals surface area contributed by atoms with Gasteiger partial charge in [0.15, 0.2) is 0 Å². The molecule has 1 amide bonds. The van der Waals surface area contributed by atoms with E-state index in [1.54, 1.807) is 0 Å². The number of carbonyl (C=O) groups is 1. The van der Waals surface area contributed by atoms with Crippen molar-refractivity contribution in [1.82, 2.24) is 9.97 Å². The lowest BCUT2D eigenvalue weighted by atomic mass is 10.2. The van der Waals surface area contributed by atoms with Crippen LogP contribution >= 0.6 is 0 Å². The third-order valence-electron chi connectivity index (χ3n) is 2.65. The number of carbonyl (C=O) groups excluding carboxylic acids is 1. The molecule has 0 spiro atoms. The summed E-state index contributed by atoms with van der Waals surface area (Å²) in [5.74, 6) is 1.04. The Morgan fingerprint density at radius 3 is 2.79 bits per heavy atom. The number of anilines is 2. The number of aromatic nitrogens is 2. The number of nitrogens with two attached hydrogens (primary N) is 2. The van der Waals surface area contributed by atoms with Gasteiger partial charge in [0, 0.05) is 0 Å². The van der Waals surface area contributed by atoms with Crippen LogP contribution in [-0.4, -0.2) is 15.9 Å². The fourth-order valence-electron chi connectivity index (χ4n) is 1.58. The van der Waals surface area contributed by atoms with Gasteiger partial charge in [-0.25, -0.2) is 9.97 Å². The first kappa shape index (κ1) is 12.9. The molecule has 100 valence electrons. The Bertz CT molecular complexity index is 601. The number of nitrogens with zero attached hydrogens (tertiary/aromatic N) is 2. The van der Waals surface area contributed by atoms with Crippen LogP contribution in [0.25, 0.3) is 0 Å². The highest BCUT2D eigenvalue weighted by molar-refractivity contribution is 5.98. The predicted octanol–water partition coefficient (Wildman–Crippen LogP) is 0.980. The number of nitrogen functional groups attached to an aromatic ring is 1. The molecular weight excluding hydrogens is 246 g/mol. The predicted molar refractivity (Wildman–Crippen MR) is 70.5 cm³/mol. The number of rotatable bonds is 4. The second kappa shape index (κ2) is 4.97. The maximum atomic E-state index is 11.3. The molecule has 7 heteroatoms. The third-order valence-corrected chi connectivity index (χ3v) is 2.65. The van der Waals surface area contributed by atoms with Gasteiger partial charge in [-0.2, -0.15) is 0 Å². The summed E-state index contributed by atoms with van der Waals surface area (Å²) in [6.07, 6.45) is 1.45. The Hall–Kier alpha value is -2.57. The number of aryl methyl sites for hydroxylation is 2. The van der Waals surface area contributed by atoms with Gasteiger partial charge in [-0.15, -0.1) is 0 Å². The van der Waals surface area contributed by atoms with Gasteiger partial charge in [-0.1, -0.05) is 0 Å². The summed E-state index contributed by atoms with van der Waals surface area (Å²) in [6, 6.07) is 1.48. The van der Waals surface area contributed by atoms with Crippen LogP contribution in [0.1, 0.15) is 27.7 Å². The fourth-order valence-corrected chi connectivity index (χ4v) is 1.58. The van der Waals surface area contributed by atoms with Crippen LogP contribution < -0.4 is 16.8 Å². The number of pyridine rings is 1. The summed E-state index contributed by atoms with van der Waals surface area (Å²) >= 11 is 0. The minimum atomic E-state index is -0.595. The molecule has 2 heterocycles. The maximum absolute atomic E-state index is 11.3. The lowest BCUT2D eigenvalue weighted by molar-refractivity contribution is 0.100. The summed E-state index contributed by atoms with van der Waals surface area (Å²) in [5.41, 5.74) is 12.3. The van der Waals surface area contributed by atoms with Crippen molar-refractivity contribution in [2.24, 2.45) is 5.73 Å². The van der Waals surface area contributed by atoms with Crippen LogP contribution in [0.2, 0.25) is 0 Å². The quantitative estimate of drug-likeness (QED) is 0.754. The number of primary amides is 1. The molecule has 7 nitrogen and oxygen atoms in total. The first-order chi connectivity index (χ1) is 8.97. The zero-order valence-electron chi connectivity index (χ0n) is 10.7. The van der Waals surface area contributed by atoms with Crippen molar-refractivity contribution in [3.05, 3.63) is 35.2 Å². The van der Waals surface area contributed by atoms with Gasteiger partial charge in [0.1, 0.15) is 11.6 Å². The van der Waals surface area contributed by atoms with Crippen LogP contribution in [0, 0.1) is 13.8 Å². The highest BCUT2D eigenvalue weighted by Gasteiger charge is 2.11. The molecule has 19 heavy (non-hydrogen) atoms. The molecule has 0 saturated heterocycles. The molecule has 5 N–H and O–H groups in total. The standard InChI is InChI=1S/C12H15N5O2/c1-6-7(2)19-10(17-6)5-16-12-9(11(14)18)3-8(13)4-15-12/h3-4H,5,13H2,1-2H3,(H2,14,18)(H,15,16). The lowest BCUT2D eigenvalue weighted by Crippen LogP contribution is -2.16. The number of nitrogens with one attached hydrogen (secondary N) is 1. The molecule has 2 rings (SSSR count). The average Bonchev–Trinajstić information content (AvgIpc) is 2.67. The summed E-state index contributed by atoms with van der Waals surface area (Å²) in [5, 5.41) is 2.95. The minimum absolute atomic E-state index is 0.236. The highest BCUT2D eigenvalue weighted by atomic mass is 16.4. The fraction of sp³-hybridized carbons (Fsp3) is 0.250. The van der Waals surface area contributed by atoms with Gasteiger partial charge < -0.3 is 21.2 Å². The van der Waals surface area contributed by atoms with E-state index in [1.807, 2.05) is 13.8 Å². The smallest absolute Gasteiger partial charge is 0.252 e. The molecule has 0 aromatic carbocycles. The molecule has 0 aliphatic rings. The molecule has 0 unspecified atom stereocenters. The highest BCUT2D eigenvalue weighted by Crippen LogP contribution is 2.16. The van der Waals surface area contributed by atoms with Gasteiger partial charge in [0.2, 0.25) is 5.89 Å². The number of hydrogen-bond acceptors (Lipinski definition) is 6. The van der Waals surface area contributed by atoms with E-state index in [1.165, 1.54) is 12.3 Å². The molecule has 0 atom stereocenters. The lowest BCUT2D eigenvalue weighted by Gasteiger charge is -2.07. The zero-order valence-corrected chi connectivity index (χ0v) is 10.7. The SMILES string of the molecule is Cc1nc(CNc2ncc(N)cc2C(N)=O)oc1C. The molecule has 2 aromatic heterocycles. The zero-order chi connectivity index (χ0) is 14.0. The van der Waals surface area contributed by atoms with Crippen molar-refractivity contribution >= 4 is 17.4 Å². The van der Waals surface area contributed by atoms with Crippen molar-refractivity contribution < 1.29 is 9.21 Å². The Balaban J connectivity index is 2.17. The van der Waals surface area contributed by atoms with Crippen molar-refractivity contribution in [2.75, 3.05) is 11.1 Å². The van der Waals surface area contributed by atoms with E-state index < -0.39 is 5.91 Å². The van der Waals surface area contributed by atoms with Crippen LogP contribution in [0.15, 0.2) is 16.7 Å². The molecule has 0 aliphatic heterocycles. The van der Waals surface area contributed by atoms with Gasteiger partial charge in [0.05, 0.1) is 29.7 Å². The molecule has 2 aromatic rings. The monoisotopic (exact) mass is 261 g/mol. The molecule has 0 bridgehead atoms. The Kier molecular flexibility index (Phi) is 3.37. The van der Waals surface area contributed by atoms with Gasteiger partial charge in [-0.05, 0) is 19.9 Å². The van der Waals surface area contributed by atoms with E-state index >= 15 is 0 Å². The Labute approximate surface area is 110 Å².